The Kier molecular flexibility index (Phi) is 3.14. The molecule has 2 N–H and O–H groups in total. The van der Waals surface area contributed by atoms with E-state index in [9.17, 15) is 8.42 Å². The summed E-state index contributed by atoms with van der Waals surface area (Å²) in [7, 11) is -3.00. The fraction of sp³-hybridized carbons (Fsp3) is 0.364. The van der Waals surface area contributed by atoms with E-state index in [1.165, 1.54) is 0 Å². The van der Waals surface area contributed by atoms with Gasteiger partial charge in [-0.25, -0.2) is 13.1 Å². The number of hydrogen-bond acceptors (Lipinski definition) is 6. The summed E-state index contributed by atoms with van der Waals surface area (Å²) in [6, 6.07) is 4.86. The van der Waals surface area contributed by atoms with Gasteiger partial charge in [0.15, 0.2) is 15.7 Å². The lowest BCUT2D eigenvalue weighted by molar-refractivity contribution is 0.489. The number of rotatable bonds is 2. The second kappa shape index (κ2) is 4.71. The minimum absolute atomic E-state index is 0.0632. The molecule has 2 aromatic rings. The summed E-state index contributed by atoms with van der Waals surface area (Å²) in [4.78, 5) is 0. The van der Waals surface area contributed by atoms with Gasteiger partial charge in [-0.15, -0.1) is 5.10 Å². The van der Waals surface area contributed by atoms with Gasteiger partial charge in [-0.2, -0.15) is 0 Å². The van der Waals surface area contributed by atoms with Crippen molar-refractivity contribution in [3.63, 3.8) is 0 Å². The zero-order valence-electron chi connectivity index (χ0n) is 10.4. The lowest BCUT2D eigenvalue weighted by Gasteiger charge is -2.10. The summed E-state index contributed by atoms with van der Waals surface area (Å²) >= 11 is 5.99. The molecule has 1 aliphatic heterocycles. The average molecular weight is 314 g/mol. The Morgan fingerprint density at radius 2 is 2.20 bits per heavy atom. The molecule has 2 heterocycles. The van der Waals surface area contributed by atoms with Crippen LogP contribution in [0.5, 0.6) is 0 Å². The molecule has 0 saturated carbocycles. The molecule has 20 heavy (non-hydrogen) atoms. The first kappa shape index (κ1) is 13.3. The average Bonchev–Trinajstić information content (AvgIpc) is 2.98. The van der Waals surface area contributed by atoms with Gasteiger partial charge in [-0.05, 0) is 35.0 Å². The van der Waals surface area contributed by atoms with Gasteiger partial charge >= 0.3 is 0 Å². The highest BCUT2D eigenvalue weighted by Crippen LogP contribution is 2.29. The number of aromatic nitrogens is 4. The number of tetrazole rings is 1. The summed E-state index contributed by atoms with van der Waals surface area (Å²) in [6.45, 7) is 0. The Hall–Kier alpha value is -1.67. The molecule has 1 saturated heterocycles. The van der Waals surface area contributed by atoms with Crippen molar-refractivity contribution in [3.8, 4) is 11.4 Å². The van der Waals surface area contributed by atoms with Crippen LogP contribution in [0.25, 0.3) is 11.4 Å². The summed E-state index contributed by atoms with van der Waals surface area (Å²) in [5.74, 6) is 0.724. The van der Waals surface area contributed by atoms with Crippen LogP contribution in [0.3, 0.4) is 0 Å². The summed E-state index contributed by atoms with van der Waals surface area (Å²) in [6.07, 6.45) is 0.517. The molecule has 106 valence electrons. The molecule has 0 radical (unpaired) electrons. The van der Waals surface area contributed by atoms with E-state index in [1.54, 1.807) is 22.9 Å². The Morgan fingerprint density at radius 1 is 1.40 bits per heavy atom. The molecule has 0 aliphatic carbocycles. The first-order valence-corrected chi connectivity index (χ1v) is 8.20. The lowest BCUT2D eigenvalue weighted by atomic mass is 10.2. The molecule has 1 aromatic carbocycles. The van der Waals surface area contributed by atoms with Crippen LogP contribution in [0.4, 0.5) is 5.69 Å². The number of hydrogen-bond donors (Lipinski definition) is 1. The Morgan fingerprint density at radius 3 is 2.85 bits per heavy atom. The molecule has 1 unspecified atom stereocenters. The van der Waals surface area contributed by atoms with Gasteiger partial charge in [-0.3, -0.25) is 0 Å². The first-order valence-electron chi connectivity index (χ1n) is 6.00. The minimum atomic E-state index is -3.00. The van der Waals surface area contributed by atoms with Crippen molar-refractivity contribution in [2.45, 2.75) is 12.5 Å². The molecule has 1 aliphatic rings. The number of nitrogens with two attached hydrogens (primary N) is 1. The predicted molar refractivity (Wildman–Crippen MR) is 75.0 cm³/mol. The van der Waals surface area contributed by atoms with Gasteiger partial charge < -0.3 is 5.73 Å². The third-order valence-electron chi connectivity index (χ3n) is 3.31. The van der Waals surface area contributed by atoms with E-state index in [2.05, 4.69) is 15.5 Å². The van der Waals surface area contributed by atoms with Crippen molar-refractivity contribution in [3.05, 3.63) is 23.2 Å². The van der Waals surface area contributed by atoms with Crippen LogP contribution >= 0.6 is 11.6 Å². The van der Waals surface area contributed by atoms with Crippen molar-refractivity contribution in [1.29, 1.82) is 0 Å². The monoisotopic (exact) mass is 313 g/mol. The number of sulfone groups is 1. The maximum Gasteiger partial charge on any atom is 0.182 e. The van der Waals surface area contributed by atoms with E-state index in [4.69, 9.17) is 17.3 Å². The number of anilines is 1. The number of halogens is 1. The third kappa shape index (κ3) is 2.36. The van der Waals surface area contributed by atoms with Gasteiger partial charge in [-0.1, -0.05) is 11.6 Å². The minimum Gasteiger partial charge on any atom is -0.398 e. The fourth-order valence-electron chi connectivity index (χ4n) is 2.26. The number of nitrogen functional groups attached to an aromatic ring is 1. The Bertz CT molecular complexity index is 758. The molecule has 0 spiro atoms. The SMILES string of the molecule is Nc1ccc(-c2nnnn2C2CCS(=O)(=O)C2)cc1Cl. The zero-order chi connectivity index (χ0) is 14.3. The van der Waals surface area contributed by atoms with Crippen LogP contribution in [0.15, 0.2) is 18.2 Å². The van der Waals surface area contributed by atoms with Crippen molar-refractivity contribution in [1.82, 2.24) is 20.2 Å². The molecule has 0 bridgehead atoms. The Labute approximate surface area is 120 Å². The van der Waals surface area contributed by atoms with Crippen molar-refractivity contribution in [2.75, 3.05) is 17.2 Å². The van der Waals surface area contributed by atoms with E-state index in [0.717, 1.165) is 0 Å². The van der Waals surface area contributed by atoms with Crippen LogP contribution in [-0.2, 0) is 9.84 Å². The first-order chi connectivity index (χ1) is 9.46. The smallest absolute Gasteiger partial charge is 0.182 e. The normalized spacial score (nSPS) is 21.1. The largest absolute Gasteiger partial charge is 0.398 e. The molecule has 9 heteroatoms. The molecule has 1 atom stereocenters. The summed E-state index contributed by atoms with van der Waals surface area (Å²) < 4.78 is 24.7. The van der Waals surface area contributed by atoms with E-state index >= 15 is 0 Å². The Balaban J connectivity index is 2.00. The van der Waals surface area contributed by atoms with E-state index in [-0.39, 0.29) is 17.5 Å². The molecule has 3 rings (SSSR count). The van der Waals surface area contributed by atoms with Crippen LogP contribution in [-0.4, -0.2) is 40.1 Å². The van der Waals surface area contributed by atoms with Crippen LogP contribution < -0.4 is 5.73 Å². The van der Waals surface area contributed by atoms with Crippen molar-refractivity contribution >= 4 is 27.1 Å². The lowest BCUT2D eigenvalue weighted by Crippen LogP contribution is -2.14. The van der Waals surface area contributed by atoms with Gasteiger partial charge in [0.25, 0.3) is 0 Å². The highest BCUT2D eigenvalue weighted by atomic mass is 35.5. The van der Waals surface area contributed by atoms with Crippen LogP contribution in [0.1, 0.15) is 12.5 Å². The second-order valence-corrected chi connectivity index (χ2v) is 7.38. The maximum atomic E-state index is 11.6. The van der Waals surface area contributed by atoms with Crippen LogP contribution in [0.2, 0.25) is 5.02 Å². The molecule has 1 fully saturated rings. The zero-order valence-corrected chi connectivity index (χ0v) is 12.0. The van der Waals surface area contributed by atoms with Crippen molar-refractivity contribution in [2.24, 2.45) is 0 Å². The molecule has 1 aromatic heterocycles. The highest BCUT2D eigenvalue weighted by molar-refractivity contribution is 7.91. The standard InChI is InChI=1S/C11H12ClN5O2S/c12-9-5-7(1-2-10(9)13)11-14-15-16-17(11)8-3-4-20(18,19)6-8/h1-2,5,8H,3-4,6,13H2. The number of nitrogens with zero attached hydrogens (tertiary/aromatic N) is 4. The van der Waals surface area contributed by atoms with Crippen molar-refractivity contribution < 1.29 is 8.42 Å². The van der Waals surface area contributed by atoms with Gasteiger partial charge in [0.05, 0.1) is 28.3 Å². The predicted octanol–water partition coefficient (Wildman–Crippen LogP) is 0.935. The maximum absolute atomic E-state index is 11.6. The quantitative estimate of drug-likeness (QED) is 0.827. The fourth-order valence-corrected chi connectivity index (χ4v) is 4.14. The summed E-state index contributed by atoms with van der Waals surface area (Å²) in [5, 5.41) is 11.9. The van der Waals surface area contributed by atoms with Gasteiger partial charge in [0.2, 0.25) is 0 Å². The van der Waals surface area contributed by atoms with E-state index in [0.29, 0.717) is 28.5 Å². The van der Waals surface area contributed by atoms with Crippen LogP contribution in [0, 0.1) is 0 Å². The van der Waals surface area contributed by atoms with Gasteiger partial charge in [0.1, 0.15) is 0 Å². The van der Waals surface area contributed by atoms with E-state index in [1.807, 2.05) is 0 Å². The molecular weight excluding hydrogens is 302 g/mol. The topological polar surface area (TPSA) is 104 Å². The third-order valence-corrected chi connectivity index (χ3v) is 5.38. The van der Waals surface area contributed by atoms with E-state index < -0.39 is 9.84 Å². The molecule has 0 amide bonds. The number of benzene rings is 1. The molecule has 7 nitrogen and oxygen atoms in total. The molecular formula is C11H12ClN5O2S. The summed E-state index contributed by atoms with van der Waals surface area (Å²) in [5.41, 5.74) is 6.85. The van der Waals surface area contributed by atoms with Gasteiger partial charge in [0, 0.05) is 5.56 Å². The second-order valence-electron chi connectivity index (χ2n) is 4.74. The highest BCUT2D eigenvalue weighted by Gasteiger charge is 2.31.